The third kappa shape index (κ3) is 7.74. The van der Waals surface area contributed by atoms with Crippen molar-refractivity contribution in [1.82, 2.24) is 10.3 Å². The molecule has 3 aromatic rings. The monoisotopic (exact) mass is 477 g/mol. The summed E-state index contributed by atoms with van der Waals surface area (Å²) in [4.78, 5) is 28.9. The molecule has 0 aliphatic heterocycles. The smallest absolute Gasteiger partial charge is 0.412 e. The van der Waals surface area contributed by atoms with E-state index in [4.69, 9.17) is 14.2 Å². The van der Waals surface area contributed by atoms with Crippen LogP contribution in [0.3, 0.4) is 0 Å². The molecule has 1 unspecified atom stereocenters. The first kappa shape index (κ1) is 25.6. The van der Waals surface area contributed by atoms with E-state index in [9.17, 15) is 9.59 Å². The van der Waals surface area contributed by atoms with Crippen LogP contribution in [0.1, 0.15) is 55.2 Å². The van der Waals surface area contributed by atoms with Crippen LogP contribution in [0, 0.1) is 0 Å². The van der Waals surface area contributed by atoms with Gasteiger partial charge in [-0.2, -0.15) is 0 Å². The Bertz CT molecular complexity index is 1160. The topological polar surface area (TPSA) is 98.8 Å². The summed E-state index contributed by atoms with van der Waals surface area (Å²) in [6.07, 6.45) is 2.85. The van der Waals surface area contributed by atoms with E-state index < -0.39 is 11.7 Å². The maximum absolute atomic E-state index is 12.9. The molecule has 1 aromatic heterocycles. The van der Waals surface area contributed by atoms with E-state index in [1.165, 1.54) is 0 Å². The maximum Gasteiger partial charge on any atom is 0.412 e. The van der Waals surface area contributed by atoms with E-state index in [2.05, 4.69) is 15.6 Å². The SMILES string of the molecule is COc1cc(C(C)NC(=O)c2cccc(NC(=O)OC(C)(C)C)c2)ccc1OCc1ccncc1. The number of aromatic nitrogens is 1. The number of nitrogens with one attached hydrogen (secondary N) is 2. The number of pyridine rings is 1. The van der Waals surface area contributed by atoms with E-state index in [1.54, 1.807) is 64.5 Å². The van der Waals surface area contributed by atoms with Crippen molar-refractivity contribution in [3.8, 4) is 11.5 Å². The average Bonchev–Trinajstić information content (AvgIpc) is 2.82. The number of benzene rings is 2. The molecular weight excluding hydrogens is 446 g/mol. The van der Waals surface area contributed by atoms with E-state index >= 15 is 0 Å². The molecule has 2 N–H and O–H groups in total. The van der Waals surface area contributed by atoms with Gasteiger partial charge in [-0.15, -0.1) is 0 Å². The van der Waals surface area contributed by atoms with Crippen molar-refractivity contribution < 1.29 is 23.8 Å². The van der Waals surface area contributed by atoms with Crippen LogP contribution < -0.4 is 20.1 Å². The number of ether oxygens (including phenoxy) is 3. The fourth-order valence-electron chi connectivity index (χ4n) is 3.24. The average molecular weight is 478 g/mol. The Morgan fingerprint density at radius 1 is 1.00 bits per heavy atom. The number of anilines is 1. The molecule has 1 heterocycles. The molecular formula is C27H31N3O5. The van der Waals surface area contributed by atoms with Crippen molar-refractivity contribution >= 4 is 17.7 Å². The lowest BCUT2D eigenvalue weighted by molar-refractivity contribution is 0.0635. The minimum absolute atomic E-state index is 0.276. The summed E-state index contributed by atoms with van der Waals surface area (Å²) in [6, 6.07) is 15.7. The Kier molecular flexibility index (Phi) is 8.30. The Labute approximate surface area is 205 Å². The van der Waals surface area contributed by atoms with Crippen molar-refractivity contribution in [2.75, 3.05) is 12.4 Å². The zero-order chi connectivity index (χ0) is 25.4. The van der Waals surface area contributed by atoms with Crippen LogP contribution in [0.15, 0.2) is 67.0 Å². The Hall–Kier alpha value is -4.07. The second-order valence-corrected chi connectivity index (χ2v) is 8.96. The number of carbonyl (C=O) groups excluding carboxylic acids is 2. The normalized spacial score (nSPS) is 11.8. The molecule has 0 radical (unpaired) electrons. The first-order chi connectivity index (χ1) is 16.6. The van der Waals surface area contributed by atoms with Crippen LogP contribution in [-0.4, -0.2) is 29.7 Å². The van der Waals surface area contributed by atoms with Gasteiger partial charge in [0.15, 0.2) is 11.5 Å². The molecule has 0 bridgehead atoms. The molecule has 0 aliphatic rings. The third-order valence-corrected chi connectivity index (χ3v) is 4.95. The lowest BCUT2D eigenvalue weighted by Gasteiger charge is -2.20. The summed E-state index contributed by atoms with van der Waals surface area (Å²) in [6.45, 7) is 7.62. The van der Waals surface area contributed by atoms with Crippen molar-refractivity contribution in [1.29, 1.82) is 0 Å². The van der Waals surface area contributed by atoms with E-state index in [1.807, 2.05) is 37.3 Å². The molecule has 184 valence electrons. The minimum atomic E-state index is -0.616. The lowest BCUT2D eigenvalue weighted by atomic mass is 10.1. The molecule has 2 amide bonds. The van der Waals surface area contributed by atoms with Crippen LogP contribution in [-0.2, 0) is 11.3 Å². The molecule has 8 heteroatoms. The first-order valence-electron chi connectivity index (χ1n) is 11.2. The van der Waals surface area contributed by atoms with Crippen molar-refractivity contribution in [3.05, 3.63) is 83.7 Å². The second kappa shape index (κ2) is 11.4. The van der Waals surface area contributed by atoms with E-state index in [0.717, 1.165) is 11.1 Å². The molecule has 0 saturated heterocycles. The van der Waals surface area contributed by atoms with Gasteiger partial charge in [0, 0.05) is 23.6 Å². The number of nitrogens with zero attached hydrogens (tertiary/aromatic N) is 1. The van der Waals surface area contributed by atoms with Gasteiger partial charge in [-0.1, -0.05) is 12.1 Å². The number of carbonyl (C=O) groups is 2. The summed E-state index contributed by atoms with van der Waals surface area (Å²) in [5.74, 6) is 0.899. The number of methoxy groups -OCH3 is 1. The highest BCUT2D eigenvalue weighted by Gasteiger charge is 2.18. The molecule has 1 atom stereocenters. The summed E-state index contributed by atoms with van der Waals surface area (Å²) in [5.41, 5.74) is 2.12. The zero-order valence-electron chi connectivity index (χ0n) is 20.6. The Morgan fingerprint density at radius 3 is 2.43 bits per heavy atom. The predicted molar refractivity (Wildman–Crippen MR) is 134 cm³/mol. The van der Waals surface area contributed by atoms with Gasteiger partial charge in [-0.3, -0.25) is 15.1 Å². The van der Waals surface area contributed by atoms with Gasteiger partial charge in [0.25, 0.3) is 5.91 Å². The predicted octanol–water partition coefficient (Wildman–Crippen LogP) is 5.51. The minimum Gasteiger partial charge on any atom is -0.493 e. The fraction of sp³-hybridized carbons (Fsp3) is 0.296. The second-order valence-electron chi connectivity index (χ2n) is 8.96. The fourth-order valence-corrected chi connectivity index (χ4v) is 3.24. The van der Waals surface area contributed by atoms with Gasteiger partial charge in [0.05, 0.1) is 13.2 Å². The molecule has 3 rings (SSSR count). The summed E-state index contributed by atoms with van der Waals surface area (Å²) in [7, 11) is 1.57. The number of amides is 2. The van der Waals surface area contributed by atoms with Gasteiger partial charge in [-0.05, 0) is 81.3 Å². The van der Waals surface area contributed by atoms with Crippen LogP contribution in [0.25, 0.3) is 0 Å². The van der Waals surface area contributed by atoms with E-state index in [0.29, 0.717) is 29.4 Å². The summed E-state index contributed by atoms with van der Waals surface area (Å²) < 4.78 is 16.7. The van der Waals surface area contributed by atoms with E-state index in [-0.39, 0.29) is 11.9 Å². The molecule has 0 saturated carbocycles. The molecule has 2 aromatic carbocycles. The molecule has 35 heavy (non-hydrogen) atoms. The summed E-state index contributed by atoms with van der Waals surface area (Å²) >= 11 is 0. The van der Waals surface area contributed by atoms with Crippen molar-refractivity contribution in [2.45, 2.75) is 45.9 Å². The van der Waals surface area contributed by atoms with Gasteiger partial charge in [-0.25, -0.2) is 4.79 Å². The van der Waals surface area contributed by atoms with Gasteiger partial charge in [0.2, 0.25) is 0 Å². The maximum atomic E-state index is 12.9. The molecule has 0 fully saturated rings. The quantitative estimate of drug-likeness (QED) is 0.444. The largest absolute Gasteiger partial charge is 0.493 e. The van der Waals surface area contributed by atoms with Gasteiger partial charge in [0.1, 0.15) is 12.2 Å². The zero-order valence-corrected chi connectivity index (χ0v) is 20.6. The van der Waals surface area contributed by atoms with Gasteiger partial charge < -0.3 is 19.5 Å². The molecule has 8 nitrogen and oxygen atoms in total. The standard InChI is InChI=1S/C27H31N3O5/c1-18(20-9-10-23(24(16-20)33-5)34-17-19-11-13-28-14-12-19)29-25(31)21-7-6-8-22(15-21)30-26(32)35-27(2,3)4/h6-16,18H,17H2,1-5H3,(H,29,31)(H,30,32). The van der Waals surface area contributed by atoms with Crippen molar-refractivity contribution in [3.63, 3.8) is 0 Å². The lowest BCUT2D eigenvalue weighted by Crippen LogP contribution is -2.28. The van der Waals surface area contributed by atoms with Crippen LogP contribution >= 0.6 is 0 Å². The van der Waals surface area contributed by atoms with Crippen LogP contribution in [0.5, 0.6) is 11.5 Å². The number of rotatable bonds is 8. The van der Waals surface area contributed by atoms with Crippen LogP contribution in [0.4, 0.5) is 10.5 Å². The first-order valence-corrected chi connectivity index (χ1v) is 11.2. The Morgan fingerprint density at radius 2 is 1.74 bits per heavy atom. The number of hydrogen-bond donors (Lipinski definition) is 2. The molecule has 0 spiro atoms. The highest BCUT2D eigenvalue weighted by Crippen LogP contribution is 2.31. The molecule has 0 aliphatic carbocycles. The van der Waals surface area contributed by atoms with Gasteiger partial charge >= 0.3 is 6.09 Å². The summed E-state index contributed by atoms with van der Waals surface area (Å²) in [5, 5.41) is 5.62. The highest BCUT2D eigenvalue weighted by atomic mass is 16.6. The highest BCUT2D eigenvalue weighted by molar-refractivity contribution is 5.96. The van der Waals surface area contributed by atoms with Crippen molar-refractivity contribution in [2.24, 2.45) is 0 Å². The third-order valence-electron chi connectivity index (χ3n) is 4.95. The Balaban J connectivity index is 1.64. The number of hydrogen-bond acceptors (Lipinski definition) is 6. The van der Waals surface area contributed by atoms with Crippen LogP contribution in [0.2, 0.25) is 0 Å².